The molecule has 0 amide bonds. The Balaban J connectivity index is 2.16. The summed E-state index contributed by atoms with van der Waals surface area (Å²) in [7, 11) is 0. The first-order valence-electron chi connectivity index (χ1n) is 5.56. The van der Waals surface area contributed by atoms with Gasteiger partial charge in [0.05, 0.1) is 25.1 Å². The van der Waals surface area contributed by atoms with E-state index < -0.39 is 19.0 Å². The number of hydrogen-bond acceptors (Lipinski definition) is 4. The third-order valence-corrected chi connectivity index (χ3v) is 2.61. The smallest absolute Gasteiger partial charge is 0.448 e. The van der Waals surface area contributed by atoms with Gasteiger partial charge in [-0.05, 0) is 0 Å². The van der Waals surface area contributed by atoms with Gasteiger partial charge in [0.25, 0.3) is 5.56 Å². The van der Waals surface area contributed by atoms with Crippen LogP contribution in [0.15, 0.2) is 17.1 Å². The van der Waals surface area contributed by atoms with Gasteiger partial charge in [-0.15, -0.1) is 0 Å². The number of nitrogens with zero attached hydrogens (tertiary/aromatic N) is 3. The van der Waals surface area contributed by atoms with Crippen LogP contribution in [-0.4, -0.2) is 43.1 Å². The molecule has 0 atom stereocenters. The average molecular weight is 262 g/mol. The van der Waals surface area contributed by atoms with Crippen molar-refractivity contribution in [3.05, 3.63) is 22.6 Å². The van der Waals surface area contributed by atoms with E-state index in [0.717, 1.165) is 0 Å². The van der Waals surface area contributed by atoms with Gasteiger partial charge in [0.1, 0.15) is 0 Å². The molecule has 18 heavy (non-hydrogen) atoms. The van der Waals surface area contributed by atoms with Crippen LogP contribution in [-0.2, 0) is 11.2 Å². The van der Waals surface area contributed by atoms with Crippen LogP contribution in [0.5, 0.6) is 0 Å². The number of ether oxygens (including phenoxy) is 1. The van der Waals surface area contributed by atoms with Crippen molar-refractivity contribution in [3.8, 4) is 0 Å². The van der Waals surface area contributed by atoms with E-state index in [2.05, 4.69) is 5.10 Å². The molecule has 1 aromatic rings. The molecule has 0 unspecified atom stereocenters. The van der Waals surface area contributed by atoms with Gasteiger partial charge in [0, 0.05) is 25.6 Å². The monoisotopic (exact) mass is 262 g/mol. The van der Waals surface area contributed by atoms with E-state index in [1.807, 2.05) is 4.90 Å². The normalized spacial score (nSPS) is 16.9. The Labute approximate surface area is 101 Å². The topological polar surface area (TPSA) is 47.4 Å². The Hall–Kier alpha value is -1.51. The largest absolute Gasteiger partial charge is 0.499 e. The summed E-state index contributed by atoms with van der Waals surface area (Å²) in [5.74, 6) is 0. The maximum Gasteiger partial charge on any atom is 0.499 e. The predicted molar refractivity (Wildman–Crippen MR) is 60.6 cm³/mol. The first-order valence-corrected chi connectivity index (χ1v) is 5.56. The number of hydrogen-bond donors (Lipinski definition) is 0. The summed E-state index contributed by atoms with van der Waals surface area (Å²) in [5.41, 5.74) is -0.201. The quantitative estimate of drug-likeness (QED) is 0.743. The van der Waals surface area contributed by atoms with Gasteiger partial charge < -0.3 is 22.6 Å². The van der Waals surface area contributed by atoms with E-state index in [1.165, 1.54) is 12.3 Å². The van der Waals surface area contributed by atoms with E-state index in [-0.39, 0.29) is 0 Å². The lowest BCUT2D eigenvalue weighted by Crippen LogP contribution is -2.38. The van der Waals surface area contributed by atoms with Crippen LogP contribution in [0.3, 0.4) is 0 Å². The molecule has 0 radical (unpaired) electrons. The molecule has 2 heterocycles. The minimum Gasteiger partial charge on any atom is -0.448 e. The Kier molecular flexibility index (Phi) is 3.60. The van der Waals surface area contributed by atoms with Crippen LogP contribution in [0.25, 0.3) is 0 Å². The third kappa shape index (κ3) is 3.25. The highest BCUT2D eigenvalue weighted by atomic mass is 19.4. The summed E-state index contributed by atoms with van der Waals surface area (Å²) in [4.78, 5) is 13.4. The van der Waals surface area contributed by atoms with Crippen molar-refractivity contribution in [2.45, 2.75) is 6.44 Å². The van der Waals surface area contributed by atoms with E-state index in [9.17, 15) is 17.7 Å². The SMILES string of the molecule is O=c1cc(N2CCOCC2)cnn1C[B-](F)(F)F. The molecule has 1 aliphatic heterocycles. The van der Waals surface area contributed by atoms with Crippen LogP contribution in [0.4, 0.5) is 18.6 Å². The predicted octanol–water partition coefficient (Wildman–Crippen LogP) is 0.466. The van der Waals surface area contributed by atoms with Gasteiger partial charge in [0.15, 0.2) is 0 Å². The fourth-order valence-electron chi connectivity index (χ4n) is 1.75. The third-order valence-electron chi connectivity index (χ3n) is 2.61. The molecule has 1 saturated heterocycles. The molecule has 0 N–H and O–H groups in total. The Bertz CT molecular complexity index is 471. The number of halogens is 3. The molecule has 9 heteroatoms. The van der Waals surface area contributed by atoms with Gasteiger partial charge in [-0.2, -0.15) is 5.10 Å². The van der Waals surface area contributed by atoms with E-state index in [4.69, 9.17) is 4.74 Å². The van der Waals surface area contributed by atoms with Crippen molar-refractivity contribution in [1.82, 2.24) is 9.78 Å². The van der Waals surface area contributed by atoms with Gasteiger partial charge in [-0.3, -0.25) is 9.48 Å². The molecule has 1 fully saturated rings. The van der Waals surface area contributed by atoms with Gasteiger partial charge in [-0.25, -0.2) is 0 Å². The number of morpholine rings is 1. The minimum absolute atomic E-state index is 0.434. The van der Waals surface area contributed by atoms with Crippen molar-refractivity contribution in [2.75, 3.05) is 31.2 Å². The molecule has 0 bridgehead atoms. The van der Waals surface area contributed by atoms with Crippen LogP contribution >= 0.6 is 0 Å². The summed E-state index contributed by atoms with van der Waals surface area (Å²) in [5, 5.41) is 3.56. The van der Waals surface area contributed by atoms with E-state index in [0.29, 0.717) is 36.7 Å². The first kappa shape index (κ1) is 12.9. The zero-order valence-corrected chi connectivity index (χ0v) is 9.56. The van der Waals surface area contributed by atoms with Crippen LogP contribution in [0.1, 0.15) is 0 Å². The summed E-state index contributed by atoms with van der Waals surface area (Å²) in [6.07, 6.45) is -0.0171. The number of rotatable bonds is 3. The number of anilines is 1. The Morgan fingerprint density at radius 1 is 1.33 bits per heavy atom. The molecular formula is C9H12BF3N3O2-. The summed E-state index contributed by atoms with van der Waals surface area (Å²) < 4.78 is 42.2. The van der Waals surface area contributed by atoms with Crippen molar-refractivity contribution >= 4 is 12.7 Å². The Morgan fingerprint density at radius 3 is 2.56 bits per heavy atom. The highest BCUT2D eigenvalue weighted by Crippen LogP contribution is 2.13. The van der Waals surface area contributed by atoms with Crippen molar-refractivity contribution < 1.29 is 17.7 Å². The zero-order chi connectivity index (χ0) is 13.2. The first-order chi connectivity index (χ1) is 8.46. The van der Waals surface area contributed by atoms with Gasteiger partial charge in [-0.1, -0.05) is 0 Å². The second-order valence-electron chi connectivity index (χ2n) is 4.04. The van der Waals surface area contributed by atoms with E-state index in [1.54, 1.807) is 0 Å². The van der Waals surface area contributed by atoms with Crippen molar-refractivity contribution in [1.29, 1.82) is 0 Å². The lowest BCUT2D eigenvalue weighted by Gasteiger charge is -2.28. The molecule has 0 aliphatic carbocycles. The highest BCUT2D eigenvalue weighted by molar-refractivity contribution is 6.57. The molecule has 1 aromatic heterocycles. The standard InChI is InChI=1S/C9H12BF3N3O2/c11-10(12,13)7-16-9(17)5-8(6-14-16)15-1-3-18-4-2-15/h5-6H,1-4,7H2/q-1. The molecule has 1 aliphatic rings. The molecule has 0 spiro atoms. The second kappa shape index (κ2) is 5.01. The molecule has 0 saturated carbocycles. The van der Waals surface area contributed by atoms with Crippen LogP contribution < -0.4 is 10.5 Å². The Morgan fingerprint density at radius 2 is 2.00 bits per heavy atom. The zero-order valence-electron chi connectivity index (χ0n) is 9.56. The maximum absolute atomic E-state index is 12.2. The van der Waals surface area contributed by atoms with Crippen LogP contribution in [0, 0.1) is 0 Å². The molecule has 5 nitrogen and oxygen atoms in total. The molecular weight excluding hydrogens is 250 g/mol. The fraction of sp³-hybridized carbons (Fsp3) is 0.556. The number of aromatic nitrogens is 2. The molecule has 0 aromatic carbocycles. The highest BCUT2D eigenvalue weighted by Gasteiger charge is 2.25. The lowest BCUT2D eigenvalue weighted by molar-refractivity contribution is 0.122. The van der Waals surface area contributed by atoms with Gasteiger partial charge in [0.2, 0.25) is 0 Å². The van der Waals surface area contributed by atoms with Crippen molar-refractivity contribution in [2.24, 2.45) is 0 Å². The minimum atomic E-state index is -5.06. The summed E-state index contributed by atoms with van der Waals surface area (Å²) in [6.45, 7) is -2.78. The van der Waals surface area contributed by atoms with Crippen molar-refractivity contribution in [3.63, 3.8) is 0 Å². The summed E-state index contributed by atoms with van der Waals surface area (Å²) in [6, 6.07) is 1.18. The van der Waals surface area contributed by atoms with E-state index >= 15 is 0 Å². The summed E-state index contributed by atoms with van der Waals surface area (Å²) >= 11 is 0. The molecule has 2 rings (SSSR count). The average Bonchev–Trinajstić information content (AvgIpc) is 2.31. The lowest BCUT2D eigenvalue weighted by atomic mass is 9.93. The van der Waals surface area contributed by atoms with Crippen LogP contribution in [0.2, 0.25) is 0 Å². The fourth-order valence-corrected chi connectivity index (χ4v) is 1.75. The van der Waals surface area contributed by atoms with Gasteiger partial charge >= 0.3 is 6.98 Å². The second-order valence-corrected chi connectivity index (χ2v) is 4.04. The molecule has 100 valence electrons. The maximum atomic E-state index is 12.2.